The Bertz CT molecular complexity index is 1170. The average Bonchev–Trinajstić information content (AvgIpc) is 2.91. The minimum Gasteiger partial charge on any atom is -0.488 e. The summed E-state index contributed by atoms with van der Waals surface area (Å²) in [6.07, 6.45) is 2.50. The van der Waals surface area contributed by atoms with Crippen LogP contribution < -0.4 is 21.1 Å². The number of carbonyl (C=O) groups is 3. The number of likely N-dealkylation sites (N-methyl/N-ethyl adjacent to an activating group) is 1. The van der Waals surface area contributed by atoms with Crippen LogP contribution in [0.5, 0.6) is 5.75 Å². The lowest BCUT2D eigenvalue weighted by atomic mass is 9.99. The number of rotatable bonds is 12. The summed E-state index contributed by atoms with van der Waals surface area (Å²) in [5, 5.41) is 15.5. The molecule has 3 amide bonds. The molecule has 10 heteroatoms. The number of nitrogen functional groups attached to an aromatic ring is 1. The van der Waals surface area contributed by atoms with Gasteiger partial charge in [0.2, 0.25) is 11.8 Å². The molecule has 0 radical (unpaired) electrons. The third-order valence-corrected chi connectivity index (χ3v) is 7.04. The summed E-state index contributed by atoms with van der Waals surface area (Å²) in [4.78, 5) is 42.0. The number of benzene rings is 2. The highest BCUT2D eigenvalue weighted by atomic mass is 16.5. The van der Waals surface area contributed by atoms with Gasteiger partial charge in [-0.25, -0.2) is 0 Å². The maximum atomic E-state index is 13.5. The fraction of sp³-hybridized carbons (Fsp3) is 0.500. The number of fused-ring (bicyclic) bond motifs is 1. The number of hydrogen-bond donors (Lipinski definition) is 4. The summed E-state index contributed by atoms with van der Waals surface area (Å²) in [6.45, 7) is 4.84. The number of unbranched alkanes of at least 4 members (excludes halogenated alkanes) is 2. The molecule has 0 aromatic heterocycles. The summed E-state index contributed by atoms with van der Waals surface area (Å²) in [6, 6.07) is 11.9. The zero-order valence-corrected chi connectivity index (χ0v) is 24.0. The average molecular weight is 554 g/mol. The summed E-state index contributed by atoms with van der Waals surface area (Å²) < 4.78 is 6.30. The van der Waals surface area contributed by atoms with Crippen LogP contribution in [0.3, 0.4) is 0 Å². The van der Waals surface area contributed by atoms with E-state index in [1.54, 1.807) is 35.2 Å². The summed E-state index contributed by atoms with van der Waals surface area (Å²) in [5.74, 6) is 0.00277. The number of anilines is 3. The van der Waals surface area contributed by atoms with Crippen molar-refractivity contribution in [1.82, 2.24) is 9.80 Å². The van der Waals surface area contributed by atoms with E-state index in [-0.39, 0.29) is 42.4 Å². The van der Waals surface area contributed by atoms with Crippen molar-refractivity contribution in [1.29, 1.82) is 0 Å². The summed E-state index contributed by atoms with van der Waals surface area (Å²) >= 11 is 0. The van der Waals surface area contributed by atoms with E-state index < -0.39 is 0 Å². The van der Waals surface area contributed by atoms with Gasteiger partial charge in [0.1, 0.15) is 11.9 Å². The van der Waals surface area contributed by atoms with Crippen LogP contribution in [0.25, 0.3) is 0 Å². The molecule has 218 valence electrons. The Hall–Kier alpha value is -3.63. The SMILES string of the molecule is C[C@H]1CN([C@@H](C)CO)C(=O)c2cc(NC(=O)CCCCCC(=O)Nc3ccccc3N)ccc2O[C@@H]1CN(C)C. The first-order valence-electron chi connectivity index (χ1n) is 13.9. The molecule has 1 aliphatic rings. The normalized spacial score (nSPS) is 17.9. The lowest BCUT2D eigenvalue weighted by Gasteiger charge is -2.37. The second-order valence-electron chi connectivity index (χ2n) is 10.8. The minimum absolute atomic E-state index is 0.0513. The molecule has 0 saturated carbocycles. The Morgan fingerprint density at radius 2 is 1.77 bits per heavy atom. The van der Waals surface area contributed by atoms with Crippen molar-refractivity contribution in [3.63, 3.8) is 0 Å². The molecule has 1 aliphatic heterocycles. The number of nitrogens with one attached hydrogen (secondary N) is 2. The standard InChI is InChI=1S/C30H43N5O5/c1-20-17-35(21(2)19-36)30(39)23-16-22(14-15-26(23)40-27(20)18-34(3)4)32-28(37)12-6-5-7-13-29(38)33-25-11-9-8-10-24(25)31/h8-11,14-16,20-21,27,36H,5-7,12-13,17-19,31H2,1-4H3,(H,32,37)(H,33,38)/t20-,21-,27+/m0/s1. The Morgan fingerprint density at radius 1 is 1.10 bits per heavy atom. The topological polar surface area (TPSA) is 137 Å². The molecule has 3 atom stereocenters. The second-order valence-corrected chi connectivity index (χ2v) is 10.8. The van der Waals surface area contributed by atoms with Crippen molar-refractivity contribution in [3.8, 4) is 5.75 Å². The van der Waals surface area contributed by atoms with Gasteiger partial charge in [0.15, 0.2) is 0 Å². The van der Waals surface area contributed by atoms with Crippen LogP contribution in [0.4, 0.5) is 17.1 Å². The molecule has 0 spiro atoms. The molecule has 2 aromatic carbocycles. The van der Waals surface area contributed by atoms with Crippen molar-refractivity contribution in [3.05, 3.63) is 48.0 Å². The quantitative estimate of drug-likeness (QED) is 0.233. The van der Waals surface area contributed by atoms with Crippen molar-refractivity contribution >= 4 is 34.8 Å². The number of para-hydroxylation sites is 2. The number of carbonyl (C=O) groups excluding carboxylic acids is 3. The highest BCUT2D eigenvalue weighted by molar-refractivity contribution is 6.00. The van der Waals surface area contributed by atoms with Gasteiger partial charge in [-0.15, -0.1) is 0 Å². The smallest absolute Gasteiger partial charge is 0.258 e. The predicted molar refractivity (Wildman–Crippen MR) is 157 cm³/mol. The highest BCUT2D eigenvalue weighted by Gasteiger charge is 2.33. The summed E-state index contributed by atoms with van der Waals surface area (Å²) in [7, 11) is 3.95. The number of aliphatic hydroxyl groups excluding tert-OH is 1. The Labute approximate surface area is 236 Å². The first-order valence-corrected chi connectivity index (χ1v) is 13.9. The monoisotopic (exact) mass is 553 g/mol. The number of amides is 3. The molecular formula is C30H43N5O5. The van der Waals surface area contributed by atoms with Crippen LogP contribution in [0, 0.1) is 5.92 Å². The molecule has 0 saturated heterocycles. The van der Waals surface area contributed by atoms with E-state index in [1.807, 2.05) is 45.0 Å². The molecule has 0 fully saturated rings. The van der Waals surface area contributed by atoms with E-state index in [0.29, 0.717) is 67.1 Å². The van der Waals surface area contributed by atoms with Gasteiger partial charge in [0.05, 0.1) is 29.6 Å². The molecule has 10 nitrogen and oxygen atoms in total. The first kappa shape index (κ1) is 30.9. The van der Waals surface area contributed by atoms with Gasteiger partial charge in [0.25, 0.3) is 5.91 Å². The third kappa shape index (κ3) is 8.69. The Balaban J connectivity index is 1.57. The molecule has 0 aliphatic carbocycles. The number of ether oxygens (including phenoxy) is 1. The lowest BCUT2D eigenvalue weighted by Crippen LogP contribution is -2.49. The van der Waals surface area contributed by atoms with Crippen molar-refractivity contribution in [2.24, 2.45) is 5.92 Å². The Morgan fingerprint density at radius 3 is 2.42 bits per heavy atom. The second kappa shape index (κ2) is 14.7. The first-order chi connectivity index (χ1) is 19.1. The number of aliphatic hydroxyl groups is 1. The maximum Gasteiger partial charge on any atom is 0.258 e. The molecule has 3 rings (SSSR count). The molecule has 0 bridgehead atoms. The van der Waals surface area contributed by atoms with E-state index in [0.717, 1.165) is 6.42 Å². The van der Waals surface area contributed by atoms with Crippen LogP contribution in [-0.2, 0) is 9.59 Å². The van der Waals surface area contributed by atoms with Gasteiger partial charge < -0.3 is 36.0 Å². The van der Waals surface area contributed by atoms with Crippen LogP contribution in [0.15, 0.2) is 42.5 Å². The largest absolute Gasteiger partial charge is 0.488 e. The van der Waals surface area contributed by atoms with E-state index in [1.165, 1.54) is 0 Å². The van der Waals surface area contributed by atoms with Crippen molar-refractivity contribution in [2.75, 3.05) is 50.2 Å². The fourth-order valence-corrected chi connectivity index (χ4v) is 4.67. The molecule has 1 heterocycles. The molecule has 40 heavy (non-hydrogen) atoms. The maximum absolute atomic E-state index is 13.5. The van der Waals surface area contributed by atoms with Crippen molar-refractivity contribution < 1.29 is 24.2 Å². The molecule has 0 unspecified atom stereocenters. The molecule has 5 N–H and O–H groups in total. The number of hydrogen-bond acceptors (Lipinski definition) is 7. The highest BCUT2D eigenvalue weighted by Crippen LogP contribution is 2.30. The van der Waals surface area contributed by atoms with E-state index in [9.17, 15) is 19.5 Å². The van der Waals surface area contributed by atoms with Gasteiger partial charge in [-0.2, -0.15) is 0 Å². The van der Waals surface area contributed by atoms with Gasteiger partial charge in [0, 0.05) is 37.5 Å². The zero-order chi connectivity index (χ0) is 29.2. The number of nitrogens with two attached hydrogens (primary N) is 1. The number of nitrogens with zero attached hydrogens (tertiary/aromatic N) is 2. The van der Waals surface area contributed by atoms with Crippen molar-refractivity contribution in [2.45, 2.75) is 58.1 Å². The van der Waals surface area contributed by atoms with Gasteiger partial charge in [-0.05, 0) is 64.2 Å². The Kier molecular flexibility index (Phi) is 11.3. The fourth-order valence-electron chi connectivity index (χ4n) is 4.67. The van der Waals surface area contributed by atoms with Crippen LogP contribution in [0.1, 0.15) is 56.3 Å². The lowest BCUT2D eigenvalue weighted by molar-refractivity contribution is -0.116. The summed E-state index contributed by atoms with van der Waals surface area (Å²) in [5.41, 5.74) is 7.85. The van der Waals surface area contributed by atoms with Gasteiger partial charge in [-0.3, -0.25) is 14.4 Å². The minimum atomic E-state index is -0.355. The molecule has 2 aromatic rings. The van der Waals surface area contributed by atoms with Crippen LogP contribution >= 0.6 is 0 Å². The van der Waals surface area contributed by atoms with Gasteiger partial charge >= 0.3 is 0 Å². The van der Waals surface area contributed by atoms with E-state index in [4.69, 9.17) is 10.5 Å². The van der Waals surface area contributed by atoms with E-state index >= 15 is 0 Å². The van der Waals surface area contributed by atoms with Crippen LogP contribution in [-0.4, -0.2) is 78.6 Å². The molecular weight excluding hydrogens is 510 g/mol. The zero-order valence-electron chi connectivity index (χ0n) is 24.0. The van der Waals surface area contributed by atoms with E-state index in [2.05, 4.69) is 10.6 Å². The van der Waals surface area contributed by atoms with Gasteiger partial charge in [-0.1, -0.05) is 25.5 Å². The third-order valence-electron chi connectivity index (χ3n) is 7.04. The predicted octanol–water partition coefficient (Wildman–Crippen LogP) is 3.58. The van der Waals surface area contributed by atoms with Crippen LogP contribution in [0.2, 0.25) is 0 Å².